The lowest BCUT2D eigenvalue weighted by Crippen LogP contribution is -2.47. The number of benzene rings is 1. The number of hydrogen-bond acceptors (Lipinski definition) is 3. The molecular formula is C19H29IO3Si. The van der Waals surface area contributed by atoms with Crippen LogP contribution in [0.4, 0.5) is 0 Å². The predicted molar refractivity (Wildman–Crippen MR) is 109 cm³/mol. The lowest BCUT2D eigenvalue weighted by Gasteiger charge is -2.40. The van der Waals surface area contributed by atoms with E-state index < -0.39 is 19.3 Å². The molecular weight excluding hydrogens is 431 g/mol. The fourth-order valence-electron chi connectivity index (χ4n) is 3.15. The van der Waals surface area contributed by atoms with Crippen LogP contribution in [0, 0.1) is 8.99 Å². The highest BCUT2D eigenvalue weighted by Gasteiger charge is 2.72. The Balaban J connectivity index is 2.33. The summed E-state index contributed by atoms with van der Waals surface area (Å²) in [5.74, 6) is -0.150. The monoisotopic (exact) mass is 460 g/mol. The van der Waals surface area contributed by atoms with Crippen LogP contribution in [-0.4, -0.2) is 27.0 Å². The summed E-state index contributed by atoms with van der Waals surface area (Å²) in [6, 6.07) is 8.22. The molecule has 0 aromatic heterocycles. The summed E-state index contributed by atoms with van der Waals surface area (Å²) in [5.41, 5.74) is 0.173. The Morgan fingerprint density at radius 3 is 2.38 bits per heavy atom. The van der Waals surface area contributed by atoms with Gasteiger partial charge in [-0.05, 0) is 72.1 Å². The third-order valence-electron chi connectivity index (χ3n) is 5.84. The number of methoxy groups -OCH3 is 1. The van der Waals surface area contributed by atoms with Crippen molar-refractivity contribution in [3.05, 3.63) is 33.4 Å². The van der Waals surface area contributed by atoms with Gasteiger partial charge >= 0.3 is 5.97 Å². The third kappa shape index (κ3) is 3.44. The van der Waals surface area contributed by atoms with Crippen LogP contribution in [-0.2, 0) is 20.4 Å². The van der Waals surface area contributed by atoms with Crippen molar-refractivity contribution < 1.29 is 14.0 Å². The Hall–Kier alpha value is -0.403. The van der Waals surface area contributed by atoms with Crippen molar-refractivity contribution in [3.63, 3.8) is 0 Å². The maximum atomic E-state index is 12.7. The Bertz CT molecular complexity index is 638. The van der Waals surface area contributed by atoms with Crippen LogP contribution in [0.3, 0.4) is 0 Å². The Kier molecular flexibility index (Phi) is 5.31. The van der Waals surface area contributed by atoms with E-state index >= 15 is 0 Å². The fraction of sp³-hybridized carbons (Fsp3) is 0.632. The highest BCUT2D eigenvalue weighted by atomic mass is 127. The van der Waals surface area contributed by atoms with Gasteiger partial charge in [-0.3, -0.25) is 4.79 Å². The summed E-state index contributed by atoms with van der Waals surface area (Å²) in [6.45, 7) is 13.2. The van der Waals surface area contributed by atoms with Gasteiger partial charge in [-0.2, -0.15) is 0 Å². The van der Waals surface area contributed by atoms with Crippen molar-refractivity contribution >= 4 is 36.9 Å². The first-order valence-corrected chi connectivity index (χ1v) is 12.4. The summed E-state index contributed by atoms with van der Waals surface area (Å²) < 4.78 is 13.0. The van der Waals surface area contributed by atoms with Crippen molar-refractivity contribution in [1.29, 1.82) is 0 Å². The zero-order valence-corrected chi connectivity index (χ0v) is 19.0. The van der Waals surface area contributed by atoms with Crippen molar-refractivity contribution in [2.75, 3.05) is 7.11 Å². The predicted octanol–water partition coefficient (Wildman–Crippen LogP) is 5.18. The minimum Gasteiger partial charge on any atom is -0.468 e. The second-order valence-electron chi connectivity index (χ2n) is 8.61. The molecule has 5 heteroatoms. The van der Waals surface area contributed by atoms with E-state index in [-0.39, 0.29) is 11.0 Å². The summed E-state index contributed by atoms with van der Waals surface area (Å²) in [4.78, 5) is 12.7. The average molecular weight is 460 g/mol. The van der Waals surface area contributed by atoms with Gasteiger partial charge in [-0.1, -0.05) is 39.0 Å². The first kappa shape index (κ1) is 19.9. The first-order valence-electron chi connectivity index (χ1n) is 8.41. The van der Waals surface area contributed by atoms with Crippen LogP contribution >= 0.6 is 22.6 Å². The van der Waals surface area contributed by atoms with Crippen LogP contribution in [0.15, 0.2) is 24.3 Å². The number of hydrogen-bond donors (Lipinski definition) is 0. The highest BCUT2D eigenvalue weighted by Crippen LogP contribution is 2.63. The van der Waals surface area contributed by atoms with Crippen molar-refractivity contribution in [3.8, 4) is 0 Å². The molecule has 2 rings (SSSR count). The number of halogens is 1. The number of carbonyl (C=O) groups excluding carboxylic acids is 1. The van der Waals surface area contributed by atoms with Gasteiger partial charge in [0.15, 0.2) is 8.32 Å². The molecule has 0 spiro atoms. The normalized spacial score (nSPS) is 27.0. The Morgan fingerprint density at radius 2 is 1.88 bits per heavy atom. The van der Waals surface area contributed by atoms with E-state index in [2.05, 4.69) is 75.5 Å². The van der Waals surface area contributed by atoms with Crippen molar-refractivity contribution in [2.45, 2.75) is 64.3 Å². The van der Waals surface area contributed by atoms with Gasteiger partial charge in [-0.25, -0.2) is 0 Å². The molecule has 0 bridgehead atoms. The van der Waals surface area contributed by atoms with E-state index in [1.807, 2.05) is 12.1 Å². The molecule has 0 unspecified atom stereocenters. The first-order chi connectivity index (χ1) is 10.9. The van der Waals surface area contributed by atoms with E-state index in [1.165, 1.54) is 16.2 Å². The zero-order valence-electron chi connectivity index (χ0n) is 15.8. The molecule has 0 saturated heterocycles. The van der Waals surface area contributed by atoms with Gasteiger partial charge < -0.3 is 9.16 Å². The summed E-state index contributed by atoms with van der Waals surface area (Å²) in [7, 11) is -0.488. The third-order valence-corrected chi connectivity index (χ3v) is 11.5. The van der Waals surface area contributed by atoms with Crippen LogP contribution in [0.5, 0.6) is 0 Å². The average Bonchev–Trinajstić information content (AvgIpc) is 3.03. The SMILES string of the molecule is COC(=O)[C@]1(Cc2ccccc2I)C[C@]1(C)O[Si](C)(C)C(C)(C)C. The van der Waals surface area contributed by atoms with Gasteiger partial charge in [0.1, 0.15) is 5.41 Å². The molecule has 1 fully saturated rings. The smallest absolute Gasteiger partial charge is 0.315 e. The number of esters is 1. The second kappa shape index (κ2) is 6.40. The van der Waals surface area contributed by atoms with Crippen LogP contribution in [0.1, 0.15) is 39.7 Å². The highest BCUT2D eigenvalue weighted by molar-refractivity contribution is 14.1. The molecule has 1 aromatic carbocycles. The van der Waals surface area contributed by atoms with E-state index in [9.17, 15) is 4.79 Å². The summed E-state index contributed by atoms with van der Waals surface area (Å²) >= 11 is 2.33. The van der Waals surface area contributed by atoms with E-state index in [0.29, 0.717) is 6.42 Å². The van der Waals surface area contributed by atoms with E-state index in [4.69, 9.17) is 9.16 Å². The minimum absolute atomic E-state index is 0.113. The molecule has 1 saturated carbocycles. The van der Waals surface area contributed by atoms with Crippen molar-refractivity contribution in [2.24, 2.45) is 5.41 Å². The zero-order chi connectivity index (χ0) is 18.4. The van der Waals surface area contributed by atoms with Gasteiger partial charge in [-0.15, -0.1) is 0 Å². The molecule has 1 aliphatic carbocycles. The number of carbonyl (C=O) groups is 1. The standard InChI is InChI=1S/C19H29IO3Si/c1-17(2,3)24(6,7)23-18(4)13-19(18,16(21)22-5)12-14-10-8-9-11-15(14)20/h8-11H,12-13H2,1-7H3/t18-,19-/m0/s1. The van der Waals surface area contributed by atoms with E-state index in [0.717, 1.165) is 6.42 Å². The summed E-state index contributed by atoms with van der Waals surface area (Å²) in [5, 5.41) is 0.113. The summed E-state index contributed by atoms with van der Waals surface area (Å²) in [6.07, 6.45) is 1.40. The number of rotatable bonds is 5. The molecule has 0 N–H and O–H groups in total. The molecule has 1 aliphatic rings. The molecule has 0 radical (unpaired) electrons. The second-order valence-corrected chi connectivity index (χ2v) is 14.5. The molecule has 0 aliphatic heterocycles. The Morgan fingerprint density at radius 1 is 1.29 bits per heavy atom. The molecule has 0 amide bonds. The minimum atomic E-state index is -1.97. The van der Waals surface area contributed by atoms with Gasteiger partial charge in [0.25, 0.3) is 0 Å². The Labute approximate surface area is 160 Å². The molecule has 134 valence electrons. The van der Waals surface area contributed by atoms with Gasteiger partial charge in [0, 0.05) is 3.57 Å². The fourth-order valence-corrected chi connectivity index (χ4v) is 5.43. The van der Waals surface area contributed by atoms with Crippen LogP contribution in [0.2, 0.25) is 18.1 Å². The van der Waals surface area contributed by atoms with Crippen LogP contribution < -0.4 is 0 Å². The molecule has 1 aromatic rings. The van der Waals surface area contributed by atoms with Crippen molar-refractivity contribution in [1.82, 2.24) is 0 Å². The topological polar surface area (TPSA) is 35.5 Å². The quantitative estimate of drug-likeness (QED) is 0.345. The van der Waals surface area contributed by atoms with E-state index in [1.54, 1.807) is 0 Å². The number of ether oxygens (including phenoxy) is 1. The van der Waals surface area contributed by atoms with Gasteiger partial charge in [0.05, 0.1) is 12.7 Å². The molecule has 0 heterocycles. The lowest BCUT2D eigenvalue weighted by molar-refractivity contribution is -0.149. The molecule has 3 nitrogen and oxygen atoms in total. The molecule has 24 heavy (non-hydrogen) atoms. The maximum absolute atomic E-state index is 12.7. The van der Waals surface area contributed by atoms with Gasteiger partial charge in [0.2, 0.25) is 0 Å². The molecule has 2 atom stereocenters. The largest absolute Gasteiger partial charge is 0.468 e. The lowest BCUT2D eigenvalue weighted by atomic mass is 9.93. The van der Waals surface area contributed by atoms with Crippen LogP contribution in [0.25, 0.3) is 0 Å². The maximum Gasteiger partial charge on any atom is 0.315 e.